The molecule has 2 aromatic heterocycles. The highest BCUT2D eigenvalue weighted by molar-refractivity contribution is 9.10. The molecule has 68 valence electrons. The zero-order valence-corrected chi connectivity index (χ0v) is 9.69. The van der Waals surface area contributed by atoms with Gasteiger partial charge in [0.2, 0.25) is 0 Å². The molecule has 0 saturated carbocycles. The van der Waals surface area contributed by atoms with Crippen LogP contribution in [0.15, 0.2) is 26.8 Å². The van der Waals surface area contributed by atoms with Crippen molar-refractivity contribution < 1.29 is 5.11 Å². The van der Waals surface area contributed by atoms with Crippen LogP contribution in [-0.2, 0) is 0 Å². The number of halogens is 1. The van der Waals surface area contributed by atoms with Crippen molar-refractivity contribution in [2.75, 3.05) is 0 Å². The van der Waals surface area contributed by atoms with Crippen LogP contribution in [-0.4, -0.2) is 10.1 Å². The molecule has 0 saturated heterocycles. The van der Waals surface area contributed by atoms with Gasteiger partial charge >= 0.3 is 0 Å². The van der Waals surface area contributed by atoms with Gasteiger partial charge in [0.25, 0.3) is 0 Å². The third-order valence-corrected chi connectivity index (χ3v) is 4.20. The number of thiophene rings is 1. The van der Waals surface area contributed by atoms with E-state index in [2.05, 4.69) is 20.9 Å². The Balaban J connectivity index is 2.33. The van der Waals surface area contributed by atoms with Gasteiger partial charge in [0.05, 0.1) is 0 Å². The number of thiazole rings is 1. The first-order valence-corrected chi connectivity index (χ1v) is 6.19. The molecule has 2 heterocycles. The molecule has 13 heavy (non-hydrogen) atoms. The molecule has 0 aliphatic carbocycles. The van der Waals surface area contributed by atoms with E-state index in [1.54, 1.807) is 17.5 Å². The lowest BCUT2D eigenvalue weighted by molar-refractivity contribution is 0.219. The molecule has 0 aromatic carbocycles. The molecule has 0 bridgehead atoms. The van der Waals surface area contributed by atoms with Gasteiger partial charge in [0.1, 0.15) is 11.1 Å². The second kappa shape index (κ2) is 3.88. The standard InChI is InChI=1S/C8H6BrNOS2/c9-6-4-12-3-5(6)7(11)8-10-1-2-13-8/h1-4,7,11H. The fraction of sp³-hybridized carbons (Fsp3) is 0.125. The van der Waals surface area contributed by atoms with Gasteiger partial charge in [-0.3, -0.25) is 0 Å². The highest BCUT2D eigenvalue weighted by Crippen LogP contribution is 2.31. The summed E-state index contributed by atoms with van der Waals surface area (Å²) >= 11 is 6.40. The minimum atomic E-state index is -0.597. The Kier molecular flexibility index (Phi) is 2.78. The maximum absolute atomic E-state index is 9.88. The predicted octanol–water partition coefficient (Wildman–Crippen LogP) is 3.05. The Morgan fingerprint density at radius 2 is 2.31 bits per heavy atom. The molecule has 0 aliphatic rings. The van der Waals surface area contributed by atoms with Gasteiger partial charge in [-0.15, -0.1) is 11.3 Å². The van der Waals surface area contributed by atoms with E-state index in [1.165, 1.54) is 11.3 Å². The van der Waals surface area contributed by atoms with E-state index in [9.17, 15) is 5.11 Å². The molecule has 5 heteroatoms. The number of hydrogen-bond acceptors (Lipinski definition) is 4. The Labute approximate surface area is 92.0 Å². The van der Waals surface area contributed by atoms with Crippen LogP contribution in [0.5, 0.6) is 0 Å². The van der Waals surface area contributed by atoms with Crippen molar-refractivity contribution in [2.45, 2.75) is 6.10 Å². The van der Waals surface area contributed by atoms with Crippen LogP contribution < -0.4 is 0 Å². The average Bonchev–Trinajstić information content (AvgIpc) is 2.72. The summed E-state index contributed by atoms with van der Waals surface area (Å²) in [7, 11) is 0. The van der Waals surface area contributed by atoms with Crippen LogP contribution in [0.3, 0.4) is 0 Å². The third-order valence-electron chi connectivity index (χ3n) is 1.62. The van der Waals surface area contributed by atoms with Gasteiger partial charge in [-0.25, -0.2) is 4.98 Å². The number of hydrogen-bond donors (Lipinski definition) is 1. The molecule has 1 atom stereocenters. The molecule has 0 amide bonds. The molecule has 1 unspecified atom stereocenters. The second-order valence-electron chi connectivity index (χ2n) is 2.45. The van der Waals surface area contributed by atoms with Crippen molar-refractivity contribution in [1.29, 1.82) is 0 Å². The SMILES string of the molecule is OC(c1nccs1)c1cscc1Br. The molecule has 1 N–H and O–H groups in total. The van der Waals surface area contributed by atoms with Crippen molar-refractivity contribution in [3.8, 4) is 0 Å². The summed E-state index contributed by atoms with van der Waals surface area (Å²) in [5.41, 5.74) is 0.889. The summed E-state index contributed by atoms with van der Waals surface area (Å²) in [6.45, 7) is 0. The first kappa shape index (κ1) is 9.33. The van der Waals surface area contributed by atoms with Crippen LogP contribution in [0.25, 0.3) is 0 Å². The van der Waals surface area contributed by atoms with Gasteiger partial charge in [-0.05, 0) is 21.3 Å². The Hall–Kier alpha value is -0.230. The zero-order valence-electron chi connectivity index (χ0n) is 6.48. The number of nitrogens with zero attached hydrogens (tertiary/aromatic N) is 1. The van der Waals surface area contributed by atoms with E-state index in [-0.39, 0.29) is 0 Å². The van der Waals surface area contributed by atoms with Crippen LogP contribution in [0.1, 0.15) is 16.7 Å². The van der Waals surface area contributed by atoms with Crippen molar-refractivity contribution in [3.63, 3.8) is 0 Å². The van der Waals surface area contributed by atoms with Gasteiger partial charge in [-0.2, -0.15) is 11.3 Å². The van der Waals surface area contributed by atoms with E-state index in [4.69, 9.17) is 0 Å². The minimum absolute atomic E-state index is 0.597. The van der Waals surface area contributed by atoms with E-state index >= 15 is 0 Å². The van der Waals surface area contributed by atoms with E-state index in [1.807, 2.05) is 16.1 Å². The lowest BCUT2D eigenvalue weighted by Crippen LogP contribution is -1.97. The summed E-state index contributed by atoms with van der Waals surface area (Å²) in [5.74, 6) is 0. The monoisotopic (exact) mass is 275 g/mol. The second-order valence-corrected chi connectivity index (χ2v) is 4.97. The summed E-state index contributed by atoms with van der Waals surface area (Å²) in [6.07, 6.45) is 1.10. The van der Waals surface area contributed by atoms with Crippen molar-refractivity contribution >= 4 is 38.6 Å². The van der Waals surface area contributed by atoms with Crippen LogP contribution in [0.4, 0.5) is 0 Å². The Morgan fingerprint density at radius 1 is 1.46 bits per heavy atom. The largest absolute Gasteiger partial charge is 0.381 e. The van der Waals surface area contributed by atoms with Crippen molar-refractivity contribution in [3.05, 3.63) is 37.4 Å². The average molecular weight is 276 g/mol. The number of aromatic nitrogens is 1. The Morgan fingerprint density at radius 3 is 2.85 bits per heavy atom. The normalized spacial score (nSPS) is 13.1. The van der Waals surface area contributed by atoms with E-state index in [0.29, 0.717) is 0 Å². The molecule has 0 fully saturated rings. The fourth-order valence-electron chi connectivity index (χ4n) is 0.989. The van der Waals surface area contributed by atoms with Crippen LogP contribution in [0.2, 0.25) is 0 Å². The van der Waals surface area contributed by atoms with E-state index < -0.39 is 6.10 Å². The van der Waals surface area contributed by atoms with Crippen molar-refractivity contribution in [1.82, 2.24) is 4.98 Å². The number of aliphatic hydroxyl groups is 1. The summed E-state index contributed by atoms with van der Waals surface area (Å²) in [6, 6.07) is 0. The first-order chi connectivity index (χ1) is 6.29. The summed E-state index contributed by atoms with van der Waals surface area (Å²) < 4.78 is 0.945. The molecular formula is C8H6BrNOS2. The number of rotatable bonds is 2. The fourth-order valence-corrected chi connectivity index (χ4v) is 3.16. The summed E-state index contributed by atoms with van der Waals surface area (Å²) in [5, 5.41) is 16.3. The smallest absolute Gasteiger partial charge is 0.132 e. The van der Waals surface area contributed by atoms with Crippen molar-refractivity contribution in [2.24, 2.45) is 0 Å². The van der Waals surface area contributed by atoms with E-state index in [0.717, 1.165) is 15.0 Å². The maximum atomic E-state index is 9.88. The van der Waals surface area contributed by atoms with Crippen LogP contribution in [0, 0.1) is 0 Å². The molecule has 2 nitrogen and oxygen atoms in total. The topological polar surface area (TPSA) is 33.1 Å². The molecule has 2 aromatic rings. The zero-order chi connectivity index (χ0) is 9.26. The Bertz CT molecular complexity index is 385. The third kappa shape index (κ3) is 1.83. The van der Waals surface area contributed by atoms with Crippen LogP contribution >= 0.6 is 38.6 Å². The highest BCUT2D eigenvalue weighted by Gasteiger charge is 2.16. The first-order valence-electron chi connectivity index (χ1n) is 3.58. The lowest BCUT2D eigenvalue weighted by atomic mass is 10.2. The van der Waals surface area contributed by atoms with Gasteiger partial charge in [0.15, 0.2) is 0 Å². The van der Waals surface area contributed by atoms with Gasteiger partial charge in [0, 0.05) is 27.0 Å². The highest BCUT2D eigenvalue weighted by atomic mass is 79.9. The molecule has 2 rings (SSSR count). The molecule has 0 spiro atoms. The van der Waals surface area contributed by atoms with Gasteiger partial charge < -0.3 is 5.11 Å². The summed E-state index contributed by atoms with van der Waals surface area (Å²) in [4.78, 5) is 4.07. The number of aliphatic hydroxyl groups excluding tert-OH is 1. The van der Waals surface area contributed by atoms with Gasteiger partial charge in [-0.1, -0.05) is 0 Å². The quantitative estimate of drug-likeness (QED) is 0.914. The maximum Gasteiger partial charge on any atom is 0.132 e. The molecule has 0 aliphatic heterocycles. The molecular weight excluding hydrogens is 270 g/mol. The predicted molar refractivity (Wildman–Crippen MR) is 58.2 cm³/mol. The minimum Gasteiger partial charge on any atom is -0.381 e. The molecule has 0 radical (unpaired) electrons. The lowest BCUT2D eigenvalue weighted by Gasteiger charge is -2.05.